The van der Waals surface area contributed by atoms with Crippen LogP contribution in [-0.2, 0) is 7.05 Å². The van der Waals surface area contributed by atoms with Gasteiger partial charge >= 0.3 is 0 Å². The van der Waals surface area contributed by atoms with E-state index in [1.807, 2.05) is 31.3 Å². The molecule has 0 bridgehead atoms. The Morgan fingerprint density at radius 3 is 2.52 bits per heavy atom. The van der Waals surface area contributed by atoms with E-state index in [1.54, 1.807) is 28.8 Å². The molecule has 0 radical (unpaired) electrons. The van der Waals surface area contributed by atoms with Gasteiger partial charge in [0.15, 0.2) is 0 Å². The SMILES string of the molecule is CSc1ccccc1-c1nn(C)c(N)c1-c1ccncc1. The number of aromatic nitrogens is 3. The summed E-state index contributed by atoms with van der Waals surface area (Å²) in [5.41, 5.74) is 10.2. The van der Waals surface area contributed by atoms with Gasteiger partial charge in [-0.1, -0.05) is 18.2 Å². The number of rotatable bonds is 3. The second-order valence-corrected chi connectivity index (χ2v) is 5.52. The van der Waals surface area contributed by atoms with Crippen LogP contribution in [0.2, 0.25) is 0 Å². The number of nitrogen functional groups attached to an aromatic ring is 1. The number of benzene rings is 1. The minimum atomic E-state index is 0.659. The number of aryl methyl sites for hydroxylation is 1. The Bertz CT molecular complexity index is 765. The maximum Gasteiger partial charge on any atom is 0.129 e. The fraction of sp³-hybridized carbons (Fsp3) is 0.125. The van der Waals surface area contributed by atoms with E-state index >= 15 is 0 Å². The second kappa shape index (κ2) is 5.61. The molecular formula is C16H16N4S. The summed E-state index contributed by atoms with van der Waals surface area (Å²) >= 11 is 1.71. The summed E-state index contributed by atoms with van der Waals surface area (Å²) < 4.78 is 1.72. The molecule has 106 valence electrons. The van der Waals surface area contributed by atoms with Crippen LogP contribution in [0.15, 0.2) is 53.7 Å². The third-order valence-corrected chi connectivity index (χ3v) is 4.22. The minimum Gasteiger partial charge on any atom is -0.383 e. The molecule has 2 aromatic heterocycles. The topological polar surface area (TPSA) is 56.7 Å². The Hall–Kier alpha value is -2.27. The first-order valence-electron chi connectivity index (χ1n) is 6.58. The van der Waals surface area contributed by atoms with Gasteiger partial charge in [0.2, 0.25) is 0 Å². The molecule has 0 aliphatic heterocycles. The van der Waals surface area contributed by atoms with Crippen LogP contribution < -0.4 is 5.73 Å². The Kier molecular flexibility index (Phi) is 3.66. The summed E-state index contributed by atoms with van der Waals surface area (Å²) in [6.45, 7) is 0. The lowest BCUT2D eigenvalue weighted by atomic mass is 10.0. The zero-order valence-corrected chi connectivity index (χ0v) is 12.8. The van der Waals surface area contributed by atoms with Crippen LogP contribution in [0.3, 0.4) is 0 Å². The maximum absolute atomic E-state index is 6.24. The van der Waals surface area contributed by atoms with E-state index in [0.29, 0.717) is 5.82 Å². The van der Waals surface area contributed by atoms with E-state index in [-0.39, 0.29) is 0 Å². The number of anilines is 1. The van der Waals surface area contributed by atoms with Crippen molar-refractivity contribution in [2.75, 3.05) is 12.0 Å². The van der Waals surface area contributed by atoms with Gasteiger partial charge in [0.1, 0.15) is 11.5 Å². The van der Waals surface area contributed by atoms with E-state index < -0.39 is 0 Å². The molecule has 4 nitrogen and oxygen atoms in total. The largest absolute Gasteiger partial charge is 0.383 e. The summed E-state index contributed by atoms with van der Waals surface area (Å²) in [5, 5.41) is 4.62. The molecular weight excluding hydrogens is 280 g/mol. The average molecular weight is 296 g/mol. The molecule has 0 unspecified atom stereocenters. The van der Waals surface area contributed by atoms with E-state index in [2.05, 4.69) is 28.5 Å². The lowest BCUT2D eigenvalue weighted by Gasteiger charge is -2.07. The van der Waals surface area contributed by atoms with Crippen molar-refractivity contribution in [3.63, 3.8) is 0 Å². The molecule has 2 N–H and O–H groups in total. The molecule has 3 rings (SSSR count). The molecule has 3 aromatic rings. The zero-order valence-electron chi connectivity index (χ0n) is 11.9. The van der Waals surface area contributed by atoms with Crippen LogP contribution in [-0.4, -0.2) is 21.0 Å². The quantitative estimate of drug-likeness (QED) is 0.752. The van der Waals surface area contributed by atoms with E-state index in [4.69, 9.17) is 5.73 Å². The van der Waals surface area contributed by atoms with Crippen molar-refractivity contribution in [2.24, 2.45) is 7.05 Å². The summed E-state index contributed by atoms with van der Waals surface area (Å²) in [6.07, 6.45) is 5.61. The first kappa shape index (κ1) is 13.7. The van der Waals surface area contributed by atoms with Crippen molar-refractivity contribution in [3.8, 4) is 22.4 Å². The number of pyridine rings is 1. The molecule has 0 atom stereocenters. The third kappa shape index (κ3) is 2.40. The number of hydrogen-bond donors (Lipinski definition) is 1. The lowest BCUT2D eigenvalue weighted by molar-refractivity contribution is 0.782. The molecule has 21 heavy (non-hydrogen) atoms. The molecule has 0 saturated heterocycles. The highest BCUT2D eigenvalue weighted by Crippen LogP contribution is 2.39. The van der Waals surface area contributed by atoms with Crippen LogP contribution in [0.25, 0.3) is 22.4 Å². The van der Waals surface area contributed by atoms with Gasteiger partial charge < -0.3 is 5.73 Å². The first-order chi connectivity index (χ1) is 10.2. The smallest absolute Gasteiger partial charge is 0.129 e. The van der Waals surface area contributed by atoms with E-state index in [9.17, 15) is 0 Å². The molecule has 0 amide bonds. The lowest BCUT2D eigenvalue weighted by Crippen LogP contribution is -1.97. The molecule has 0 saturated carbocycles. The molecule has 5 heteroatoms. The highest BCUT2D eigenvalue weighted by Gasteiger charge is 2.19. The van der Waals surface area contributed by atoms with Crippen LogP contribution in [0, 0.1) is 0 Å². The van der Waals surface area contributed by atoms with Crippen molar-refractivity contribution in [1.82, 2.24) is 14.8 Å². The summed E-state index contributed by atoms with van der Waals surface area (Å²) in [5.74, 6) is 0.659. The van der Waals surface area contributed by atoms with Crippen LogP contribution >= 0.6 is 11.8 Å². The van der Waals surface area contributed by atoms with Crippen LogP contribution in [0.4, 0.5) is 5.82 Å². The number of nitrogens with two attached hydrogens (primary N) is 1. The molecule has 1 aromatic carbocycles. The Morgan fingerprint density at radius 2 is 1.81 bits per heavy atom. The van der Waals surface area contributed by atoms with Crippen molar-refractivity contribution in [3.05, 3.63) is 48.8 Å². The third-order valence-electron chi connectivity index (χ3n) is 3.42. The molecule has 0 fully saturated rings. The van der Waals surface area contributed by atoms with Crippen molar-refractivity contribution >= 4 is 17.6 Å². The maximum atomic E-state index is 6.24. The normalized spacial score (nSPS) is 10.8. The highest BCUT2D eigenvalue weighted by atomic mass is 32.2. The average Bonchev–Trinajstić information content (AvgIpc) is 2.83. The molecule has 2 heterocycles. The highest BCUT2D eigenvalue weighted by molar-refractivity contribution is 7.98. The van der Waals surface area contributed by atoms with Crippen molar-refractivity contribution in [2.45, 2.75) is 4.90 Å². The van der Waals surface area contributed by atoms with Crippen LogP contribution in [0.1, 0.15) is 0 Å². The Balaban J connectivity index is 2.27. The second-order valence-electron chi connectivity index (χ2n) is 4.67. The number of thioether (sulfide) groups is 1. The predicted octanol–water partition coefficient (Wildman–Crippen LogP) is 3.45. The molecule has 0 spiro atoms. The summed E-state index contributed by atoms with van der Waals surface area (Å²) in [7, 11) is 1.87. The van der Waals surface area contributed by atoms with Crippen molar-refractivity contribution in [1.29, 1.82) is 0 Å². The minimum absolute atomic E-state index is 0.659. The van der Waals surface area contributed by atoms with Crippen LogP contribution in [0.5, 0.6) is 0 Å². The van der Waals surface area contributed by atoms with E-state index in [0.717, 1.165) is 22.4 Å². The standard InChI is InChI=1S/C16H16N4S/c1-20-16(17)14(11-7-9-18-10-8-11)15(19-20)12-5-3-4-6-13(12)21-2/h3-10H,17H2,1-2H3. The van der Waals surface area contributed by atoms with E-state index in [1.165, 1.54) is 4.90 Å². The zero-order chi connectivity index (χ0) is 14.8. The first-order valence-corrected chi connectivity index (χ1v) is 7.81. The summed E-state index contributed by atoms with van der Waals surface area (Å²) in [4.78, 5) is 5.26. The summed E-state index contributed by atoms with van der Waals surface area (Å²) in [6, 6.07) is 12.2. The van der Waals surface area contributed by atoms with Gasteiger partial charge in [-0.15, -0.1) is 11.8 Å². The number of nitrogens with zero attached hydrogens (tertiary/aromatic N) is 3. The molecule has 0 aliphatic carbocycles. The van der Waals surface area contributed by atoms with Gasteiger partial charge in [0.25, 0.3) is 0 Å². The van der Waals surface area contributed by atoms with Gasteiger partial charge in [-0.05, 0) is 30.0 Å². The monoisotopic (exact) mass is 296 g/mol. The molecule has 0 aliphatic rings. The van der Waals surface area contributed by atoms with Gasteiger partial charge in [0, 0.05) is 29.9 Å². The van der Waals surface area contributed by atoms with Gasteiger partial charge in [-0.2, -0.15) is 5.10 Å². The Morgan fingerprint density at radius 1 is 1.10 bits per heavy atom. The fourth-order valence-corrected chi connectivity index (χ4v) is 2.97. The van der Waals surface area contributed by atoms with Gasteiger partial charge in [-0.3, -0.25) is 9.67 Å². The Labute approximate surface area is 128 Å². The predicted molar refractivity (Wildman–Crippen MR) is 88.1 cm³/mol. The van der Waals surface area contributed by atoms with Gasteiger partial charge in [0.05, 0.1) is 5.56 Å². The van der Waals surface area contributed by atoms with Gasteiger partial charge in [-0.25, -0.2) is 0 Å². The fourth-order valence-electron chi connectivity index (χ4n) is 2.37. The van der Waals surface area contributed by atoms with Crippen molar-refractivity contribution < 1.29 is 0 Å². The number of hydrogen-bond acceptors (Lipinski definition) is 4.